The first-order valence-electron chi connectivity index (χ1n) is 10.0. The predicted molar refractivity (Wildman–Crippen MR) is 126 cm³/mol. The van der Waals surface area contributed by atoms with Crippen LogP contribution in [0.25, 0.3) is 5.57 Å². The van der Waals surface area contributed by atoms with Gasteiger partial charge >= 0.3 is 0 Å². The van der Waals surface area contributed by atoms with Gasteiger partial charge in [-0.15, -0.1) is 0 Å². The van der Waals surface area contributed by atoms with Crippen LogP contribution in [0.15, 0.2) is 97.1 Å². The van der Waals surface area contributed by atoms with Crippen LogP contribution in [0.5, 0.6) is 11.5 Å². The van der Waals surface area contributed by atoms with E-state index in [9.17, 15) is 0 Å². The topological polar surface area (TPSA) is 27.7 Å². The summed E-state index contributed by atoms with van der Waals surface area (Å²) in [6, 6.07) is 25.9. The molecule has 31 heavy (non-hydrogen) atoms. The zero-order valence-electron chi connectivity index (χ0n) is 17.9. The van der Waals surface area contributed by atoms with Gasteiger partial charge in [0.15, 0.2) is 0 Å². The molecule has 0 radical (unpaired) electrons. The highest BCUT2D eigenvalue weighted by Crippen LogP contribution is 2.30. The van der Waals surface area contributed by atoms with Crippen molar-refractivity contribution in [1.82, 2.24) is 0 Å². The summed E-state index contributed by atoms with van der Waals surface area (Å²) in [5.74, 6) is 7.96. The molecule has 0 spiro atoms. The molecular weight excluding hydrogens is 384 g/mol. The minimum Gasteiger partial charge on any atom is -0.497 e. The molecule has 0 unspecified atom stereocenters. The molecule has 0 aromatic heterocycles. The van der Waals surface area contributed by atoms with Gasteiger partial charge in [0.25, 0.3) is 0 Å². The minimum absolute atomic E-state index is 0.338. The summed E-state index contributed by atoms with van der Waals surface area (Å²) in [5, 5.41) is 0. The Morgan fingerprint density at radius 1 is 0.806 bits per heavy atom. The van der Waals surface area contributed by atoms with Crippen molar-refractivity contribution in [3.63, 3.8) is 0 Å². The molecule has 0 aliphatic carbocycles. The third-order valence-corrected chi connectivity index (χ3v) is 4.74. The van der Waals surface area contributed by atoms with Gasteiger partial charge in [-0.05, 0) is 41.0 Å². The molecule has 3 heteroatoms. The molecule has 0 saturated heterocycles. The number of methoxy groups -OCH3 is 2. The lowest BCUT2D eigenvalue weighted by Crippen LogP contribution is -1.95. The van der Waals surface area contributed by atoms with Crippen molar-refractivity contribution in [3.05, 3.63) is 114 Å². The van der Waals surface area contributed by atoms with Gasteiger partial charge in [-0.25, -0.2) is 0 Å². The second-order valence-electron chi connectivity index (χ2n) is 6.73. The molecule has 0 atom stereocenters. The zero-order valence-corrected chi connectivity index (χ0v) is 17.9. The second-order valence-corrected chi connectivity index (χ2v) is 6.73. The lowest BCUT2D eigenvalue weighted by atomic mass is 9.93. The highest BCUT2D eigenvalue weighted by atomic mass is 16.5. The molecule has 3 aromatic carbocycles. The average Bonchev–Trinajstić information content (AvgIpc) is 2.84. The van der Waals surface area contributed by atoms with Crippen LogP contribution in [-0.4, -0.2) is 20.8 Å². The Hall–Kier alpha value is -3.74. The van der Waals surface area contributed by atoms with Crippen molar-refractivity contribution < 1.29 is 14.2 Å². The van der Waals surface area contributed by atoms with Crippen LogP contribution in [0.3, 0.4) is 0 Å². The lowest BCUT2D eigenvalue weighted by Gasteiger charge is -2.12. The fourth-order valence-corrected chi connectivity index (χ4v) is 3.13. The molecule has 0 heterocycles. The Labute approximate surface area is 184 Å². The summed E-state index contributed by atoms with van der Waals surface area (Å²) in [5.41, 5.74) is 5.01. The summed E-state index contributed by atoms with van der Waals surface area (Å²) in [7, 11) is 3.32. The molecule has 0 aliphatic heterocycles. The standard InChI is InChI=1S/C28H26O3/c1-4-23(11-8-20-31-21-22-9-6-5-7-10-22)28(24-12-16-26(29-2)17-13-24)25-14-18-27(30-3)19-15-25/h4-7,9-10,12-19H,1,20-21H2,2-3H3. The smallest absolute Gasteiger partial charge is 0.118 e. The second kappa shape index (κ2) is 11.4. The number of ether oxygens (including phenoxy) is 3. The van der Waals surface area contributed by atoms with E-state index in [0.29, 0.717) is 13.2 Å². The SMILES string of the molecule is C=CC(C#CCOCc1ccccc1)=C(c1ccc(OC)cc1)c1ccc(OC)cc1. The average molecular weight is 411 g/mol. The molecule has 0 fully saturated rings. The highest BCUT2D eigenvalue weighted by molar-refractivity contribution is 5.86. The molecule has 0 aliphatic rings. The summed E-state index contributed by atoms with van der Waals surface area (Å²) >= 11 is 0. The lowest BCUT2D eigenvalue weighted by molar-refractivity contribution is 0.153. The first kappa shape index (κ1) is 22.0. The van der Waals surface area contributed by atoms with Crippen molar-refractivity contribution in [2.45, 2.75) is 6.61 Å². The normalized spacial score (nSPS) is 9.87. The molecule has 0 amide bonds. The van der Waals surface area contributed by atoms with Crippen molar-refractivity contribution >= 4 is 5.57 Å². The van der Waals surface area contributed by atoms with E-state index in [1.807, 2.05) is 78.9 Å². The number of rotatable bonds is 8. The molecule has 3 aromatic rings. The van der Waals surface area contributed by atoms with Crippen LogP contribution in [0.2, 0.25) is 0 Å². The molecule has 3 rings (SSSR count). The fraction of sp³-hybridized carbons (Fsp3) is 0.143. The van der Waals surface area contributed by atoms with Crippen molar-refractivity contribution in [1.29, 1.82) is 0 Å². The van der Waals surface area contributed by atoms with Crippen LogP contribution in [-0.2, 0) is 11.3 Å². The van der Waals surface area contributed by atoms with Gasteiger partial charge in [0.2, 0.25) is 0 Å². The molecule has 0 bridgehead atoms. The van der Waals surface area contributed by atoms with Gasteiger partial charge < -0.3 is 14.2 Å². The van der Waals surface area contributed by atoms with E-state index in [1.54, 1.807) is 20.3 Å². The van der Waals surface area contributed by atoms with Crippen molar-refractivity contribution in [2.24, 2.45) is 0 Å². The van der Waals surface area contributed by atoms with Crippen LogP contribution >= 0.6 is 0 Å². The van der Waals surface area contributed by atoms with E-state index < -0.39 is 0 Å². The van der Waals surface area contributed by atoms with E-state index in [1.165, 1.54) is 0 Å². The van der Waals surface area contributed by atoms with E-state index in [2.05, 4.69) is 18.4 Å². The molecular formula is C28H26O3. The zero-order chi connectivity index (χ0) is 21.9. The first-order chi connectivity index (χ1) is 15.2. The van der Waals surface area contributed by atoms with E-state index >= 15 is 0 Å². The monoisotopic (exact) mass is 410 g/mol. The third kappa shape index (κ3) is 6.12. The maximum absolute atomic E-state index is 5.70. The first-order valence-corrected chi connectivity index (χ1v) is 10.0. The van der Waals surface area contributed by atoms with Gasteiger partial charge in [-0.3, -0.25) is 0 Å². The summed E-state index contributed by atoms with van der Waals surface area (Å²) in [4.78, 5) is 0. The molecule has 3 nitrogen and oxygen atoms in total. The fourth-order valence-electron chi connectivity index (χ4n) is 3.13. The highest BCUT2D eigenvalue weighted by Gasteiger charge is 2.10. The van der Waals surface area contributed by atoms with Gasteiger partial charge in [0.05, 0.1) is 20.8 Å². The summed E-state index contributed by atoms with van der Waals surface area (Å²) in [6.45, 7) is 4.87. The number of hydrogen-bond acceptors (Lipinski definition) is 3. The van der Waals surface area contributed by atoms with Crippen LogP contribution in [0.4, 0.5) is 0 Å². The van der Waals surface area contributed by atoms with Crippen LogP contribution in [0, 0.1) is 11.8 Å². The Morgan fingerprint density at radius 3 is 1.84 bits per heavy atom. The van der Waals surface area contributed by atoms with E-state index in [-0.39, 0.29) is 0 Å². The van der Waals surface area contributed by atoms with Crippen LogP contribution in [0.1, 0.15) is 16.7 Å². The van der Waals surface area contributed by atoms with Crippen LogP contribution < -0.4 is 9.47 Å². The minimum atomic E-state index is 0.338. The van der Waals surface area contributed by atoms with Crippen molar-refractivity contribution in [3.8, 4) is 23.3 Å². The quantitative estimate of drug-likeness (QED) is 0.262. The molecule has 0 saturated carbocycles. The number of benzene rings is 3. The Morgan fingerprint density at radius 2 is 1.35 bits per heavy atom. The summed E-state index contributed by atoms with van der Waals surface area (Å²) in [6.07, 6.45) is 1.79. The maximum atomic E-state index is 5.70. The largest absolute Gasteiger partial charge is 0.497 e. The van der Waals surface area contributed by atoms with Gasteiger partial charge in [-0.2, -0.15) is 0 Å². The predicted octanol–water partition coefficient (Wildman–Crippen LogP) is 5.91. The van der Waals surface area contributed by atoms with E-state index in [0.717, 1.165) is 39.3 Å². The summed E-state index contributed by atoms with van der Waals surface area (Å²) < 4.78 is 16.3. The number of allylic oxidation sites excluding steroid dienone is 2. The Kier molecular flexibility index (Phi) is 8.11. The maximum Gasteiger partial charge on any atom is 0.118 e. The van der Waals surface area contributed by atoms with Gasteiger partial charge in [0, 0.05) is 11.1 Å². The molecule has 156 valence electrons. The van der Waals surface area contributed by atoms with Gasteiger partial charge in [-0.1, -0.05) is 79.1 Å². The Bertz CT molecular complexity index is 1020. The van der Waals surface area contributed by atoms with Gasteiger partial charge in [0.1, 0.15) is 18.1 Å². The molecule has 0 N–H and O–H groups in total. The Balaban J connectivity index is 1.89. The number of hydrogen-bond donors (Lipinski definition) is 0. The van der Waals surface area contributed by atoms with E-state index in [4.69, 9.17) is 14.2 Å². The van der Waals surface area contributed by atoms with Crippen molar-refractivity contribution in [2.75, 3.05) is 20.8 Å². The third-order valence-electron chi connectivity index (χ3n) is 4.74.